The van der Waals surface area contributed by atoms with Gasteiger partial charge in [-0.3, -0.25) is 9.59 Å². The van der Waals surface area contributed by atoms with Crippen LogP contribution in [0.5, 0.6) is 0 Å². The number of ketones is 2. The Kier molecular flexibility index (Phi) is 3.87. The maximum atomic E-state index is 12.5. The fourth-order valence-corrected chi connectivity index (χ4v) is 7.24. The standard InChI is InChI=1S/C21H28O2S/c1-20-9-8-18-16(17(20)6-7-19(20)23)5-4-13-10-15(22)11-14(12-24-3)21(13,18)2/h10-11,16-18H,4-9,12H2,1-3H3/t16-,17-,18-,20-,21+/m0/s1. The lowest BCUT2D eigenvalue weighted by molar-refractivity contribution is -0.131. The molecule has 0 N–H and O–H groups in total. The summed E-state index contributed by atoms with van der Waals surface area (Å²) in [7, 11) is 0. The Morgan fingerprint density at radius 1 is 1.08 bits per heavy atom. The summed E-state index contributed by atoms with van der Waals surface area (Å²) in [6.07, 6.45) is 12.2. The zero-order valence-electron chi connectivity index (χ0n) is 15.1. The van der Waals surface area contributed by atoms with Crippen LogP contribution in [0, 0.1) is 28.6 Å². The van der Waals surface area contributed by atoms with Crippen molar-refractivity contribution in [1.82, 2.24) is 0 Å². The largest absolute Gasteiger partial charge is 0.299 e. The van der Waals surface area contributed by atoms with Gasteiger partial charge in [0, 0.05) is 23.0 Å². The van der Waals surface area contributed by atoms with Gasteiger partial charge in [0.15, 0.2) is 5.78 Å². The molecule has 3 heteroatoms. The highest BCUT2D eigenvalue weighted by molar-refractivity contribution is 7.98. The maximum Gasteiger partial charge on any atom is 0.178 e. The van der Waals surface area contributed by atoms with E-state index in [-0.39, 0.29) is 16.6 Å². The molecule has 3 saturated carbocycles. The molecular weight excluding hydrogens is 316 g/mol. The predicted molar refractivity (Wildman–Crippen MR) is 98.9 cm³/mol. The summed E-state index contributed by atoms with van der Waals surface area (Å²) in [6.45, 7) is 4.63. The van der Waals surface area contributed by atoms with E-state index >= 15 is 0 Å². The second kappa shape index (κ2) is 5.59. The monoisotopic (exact) mass is 344 g/mol. The number of carbonyl (C=O) groups is 2. The van der Waals surface area contributed by atoms with Gasteiger partial charge < -0.3 is 0 Å². The van der Waals surface area contributed by atoms with Gasteiger partial charge in [-0.15, -0.1) is 0 Å². The molecule has 0 spiro atoms. The third-order valence-electron chi connectivity index (χ3n) is 7.90. The zero-order chi connectivity index (χ0) is 17.1. The number of hydrogen-bond acceptors (Lipinski definition) is 3. The number of hydrogen-bond donors (Lipinski definition) is 0. The van der Waals surface area contributed by atoms with Gasteiger partial charge in [0.1, 0.15) is 5.78 Å². The fourth-order valence-electron chi connectivity index (χ4n) is 6.55. The van der Waals surface area contributed by atoms with Crippen LogP contribution < -0.4 is 0 Å². The highest BCUT2D eigenvalue weighted by Gasteiger charge is 2.59. The Morgan fingerprint density at radius 2 is 1.88 bits per heavy atom. The zero-order valence-corrected chi connectivity index (χ0v) is 15.9. The van der Waals surface area contributed by atoms with Crippen LogP contribution in [-0.2, 0) is 9.59 Å². The summed E-state index contributed by atoms with van der Waals surface area (Å²) in [6, 6.07) is 0. The molecular formula is C21H28O2S. The van der Waals surface area contributed by atoms with E-state index < -0.39 is 0 Å². The van der Waals surface area contributed by atoms with Crippen molar-refractivity contribution in [2.45, 2.75) is 52.4 Å². The number of rotatable bonds is 2. The van der Waals surface area contributed by atoms with Gasteiger partial charge in [-0.2, -0.15) is 11.8 Å². The van der Waals surface area contributed by atoms with Crippen LogP contribution in [0.2, 0.25) is 0 Å². The highest BCUT2D eigenvalue weighted by atomic mass is 32.2. The molecule has 0 unspecified atom stereocenters. The van der Waals surface area contributed by atoms with Crippen LogP contribution >= 0.6 is 11.8 Å². The third-order valence-corrected chi connectivity index (χ3v) is 8.50. The Hall–Kier alpha value is -0.830. The molecule has 2 nitrogen and oxygen atoms in total. The second-order valence-electron chi connectivity index (χ2n) is 8.71. The molecule has 0 radical (unpaired) electrons. The van der Waals surface area contributed by atoms with Gasteiger partial charge in [-0.25, -0.2) is 0 Å². The van der Waals surface area contributed by atoms with Crippen molar-refractivity contribution in [3.63, 3.8) is 0 Å². The topological polar surface area (TPSA) is 34.1 Å². The van der Waals surface area contributed by atoms with E-state index in [4.69, 9.17) is 0 Å². The first-order valence-electron chi connectivity index (χ1n) is 9.39. The molecule has 0 amide bonds. The molecule has 0 bridgehead atoms. The number of thioether (sulfide) groups is 1. The summed E-state index contributed by atoms with van der Waals surface area (Å²) >= 11 is 1.82. The quantitative estimate of drug-likeness (QED) is 0.734. The Balaban J connectivity index is 1.74. The van der Waals surface area contributed by atoms with Crippen LogP contribution in [0.25, 0.3) is 0 Å². The SMILES string of the molecule is CSCC1=CC(=O)C=C2CC[C@@H]3[C@H](CC[C@]4(C)C(=O)CC[C@@H]34)[C@]21C. The molecule has 24 heavy (non-hydrogen) atoms. The third kappa shape index (κ3) is 2.09. The predicted octanol–water partition coefficient (Wildman–Crippen LogP) is 4.60. The summed E-state index contributed by atoms with van der Waals surface area (Å²) in [4.78, 5) is 24.7. The number of fused-ring (bicyclic) bond motifs is 5. The summed E-state index contributed by atoms with van der Waals surface area (Å²) in [5.74, 6) is 3.46. The van der Waals surface area contributed by atoms with Crippen molar-refractivity contribution in [2.24, 2.45) is 28.6 Å². The van der Waals surface area contributed by atoms with Crippen LogP contribution in [0.4, 0.5) is 0 Å². The second-order valence-corrected chi connectivity index (χ2v) is 9.58. The molecule has 0 aliphatic heterocycles. The molecule has 0 heterocycles. The minimum atomic E-state index is -0.0629. The van der Waals surface area contributed by atoms with Gasteiger partial charge in [-0.1, -0.05) is 19.4 Å². The van der Waals surface area contributed by atoms with Crippen LogP contribution in [0.1, 0.15) is 52.4 Å². The molecule has 0 aromatic carbocycles. The van der Waals surface area contributed by atoms with Crippen molar-refractivity contribution in [1.29, 1.82) is 0 Å². The van der Waals surface area contributed by atoms with E-state index in [2.05, 4.69) is 20.1 Å². The van der Waals surface area contributed by atoms with Gasteiger partial charge in [0.2, 0.25) is 0 Å². The molecule has 0 aromatic rings. The number of Topliss-reactive ketones (excluding diaryl/α,β-unsaturated/α-hetero) is 1. The van der Waals surface area contributed by atoms with Gasteiger partial charge in [-0.05, 0) is 73.8 Å². The molecule has 5 atom stereocenters. The number of allylic oxidation sites excluding steroid dienone is 3. The van der Waals surface area contributed by atoms with Gasteiger partial charge in [0.05, 0.1) is 0 Å². The molecule has 0 saturated heterocycles. The van der Waals surface area contributed by atoms with E-state index in [0.29, 0.717) is 23.5 Å². The van der Waals surface area contributed by atoms with E-state index in [1.165, 1.54) is 17.6 Å². The lowest BCUT2D eigenvalue weighted by Gasteiger charge is -2.57. The van der Waals surface area contributed by atoms with E-state index in [1.54, 1.807) is 0 Å². The molecule has 4 aliphatic carbocycles. The lowest BCUT2D eigenvalue weighted by Crippen LogP contribution is -2.51. The molecule has 0 aromatic heterocycles. The fraction of sp³-hybridized carbons (Fsp3) is 0.714. The Morgan fingerprint density at radius 3 is 2.62 bits per heavy atom. The molecule has 4 aliphatic rings. The smallest absolute Gasteiger partial charge is 0.178 e. The van der Waals surface area contributed by atoms with Crippen molar-refractivity contribution >= 4 is 23.3 Å². The minimum absolute atomic E-state index is 0.0484. The van der Waals surface area contributed by atoms with E-state index in [9.17, 15) is 9.59 Å². The van der Waals surface area contributed by atoms with E-state index in [1.807, 2.05) is 23.9 Å². The normalized spacial score (nSPS) is 44.4. The Labute approximate surface area is 149 Å². The summed E-state index contributed by atoms with van der Waals surface area (Å²) in [5.41, 5.74) is 2.69. The van der Waals surface area contributed by atoms with Crippen molar-refractivity contribution in [3.8, 4) is 0 Å². The van der Waals surface area contributed by atoms with Crippen LogP contribution in [0.3, 0.4) is 0 Å². The summed E-state index contributed by atoms with van der Waals surface area (Å²) in [5, 5.41) is 0. The molecule has 3 fully saturated rings. The average Bonchev–Trinajstić information content (AvgIpc) is 2.84. The molecule has 130 valence electrons. The average molecular weight is 345 g/mol. The molecule has 4 rings (SSSR count). The van der Waals surface area contributed by atoms with E-state index in [0.717, 1.165) is 37.9 Å². The first-order valence-corrected chi connectivity index (χ1v) is 10.8. The van der Waals surface area contributed by atoms with Crippen molar-refractivity contribution in [3.05, 3.63) is 23.3 Å². The maximum absolute atomic E-state index is 12.5. The van der Waals surface area contributed by atoms with Gasteiger partial charge in [0.25, 0.3) is 0 Å². The van der Waals surface area contributed by atoms with Crippen molar-refractivity contribution < 1.29 is 9.59 Å². The van der Waals surface area contributed by atoms with Crippen LogP contribution in [-0.4, -0.2) is 23.6 Å². The summed E-state index contributed by atoms with van der Waals surface area (Å²) < 4.78 is 0. The first-order chi connectivity index (χ1) is 11.4. The first kappa shape index (κ1) is 16.6. The number of carbonyl (C=O) groups excluding carboxylic acids is 2. The highest BCUT2D eigenvalue weighted by Crippen LogP contribution is 2.65. The Bertz CT molecular complexity index is 661. The van der Waals surface area contributed by atoms with Crippen molar-refractivity contribution in [2.75, 3.05) is 12.0 Å². The minimum Gasteiger partial charge on any atom is -0.299 e. The lowest BCUT2D eigenvalue weighted by atomic mass is 9.47. The van der Waals surface area contributed by atoms with Crippen LogP contribution in [0.15, 0.2) is 23.3 Å². The van der Waals surface area contributed by atoms with Gasteiger partial charge >= 0.3 is 0 Å².